The number of hydrogen-bond acceptors (Lipinski definition) is 1. The highest BCUT2D eigenvalue weighted by atomic mass is 32.1. The van der Waals surface area contributed by atoms with Crippen LogP contribution in [0, 0.1) is 0 Å². The molecule has 7 heavy (non-hydrogen) atoms. The third-order valence-corrected chi connectivity index (χ3v) is 0.724. The highest BCUT2D eigenvalue weighted by molar-refractivity contribution is 7.96. The van der Waals surface area contributed by atoms with E-state index in [1.807, 2.05) is 6.92 Å². The lowest BCUT2D eigenvalue weighted by Crippen LogP contribution is -1.78. The van der Waals surface area contributed by atoms with Crippen LogP contribution in [0.3, 0.4) is 0 Å². The fraction of sp³-hybridized carbons (Fsp3) is 0.500. The van der Waals surface area contributed by atoms with Crippen LogP contribution in [0.5, 0.6) is 0 Å². The van der Waals surface area contributed by atoms with Crippen molar-refractivity contribution < 1.29 is 0 Å². The molecular weight excluding hydrogens is 108 g/mol. The second-order valence-corrected chi connectivity index (χ2v) is 1.33. The van der Waals surface area contributed by atoms with Crippen molar-refractivity contribution in [3.05, 3.63) is 0 Å². The van der Waals surface area contributed by atoms with Crippen LogP contribution in [0.2, 0.25) is 0 Å². The van der Waals surface area contributed by atoms with Gasteiger partial charge in [-0.05, 0) is 13.6 Å². The zero-order valence-corrected chi connectivity index (χ0v) is 5.15. The average molecular weight is 116 g/mol. The molecule has 0 aromatic carbocycles. The second-order valence-electron chi connectivity index (χ2n) is 0.932. The lowest BCUT2D eigenvalue weighted by Gasteiger charge is -1.81. The molecule has 0 saturated heterocycles. The van der Waals surface area contributed by atoms with Gasteiger partial charge in [-0.25, -0.2) is 4.99 Å². The molecule has 0 aromatic rings. The predicted octanol–water partition coefficient (Wildman–Crippen LogP) is 0.993. The fourth-order valence-corrected chi connectivity index (χ4v) is 0.333. The van der Waals surface area contributed by atoms with Gasteiger partial charge in [-0.1, -0.05) is 0 Å². The van der Waals surface area contributed by atoms with E-state index in [0.29, 0.717) is 5.17 Å². The topological polar surface area (TPSA) is 24.7 Å². The summed E-state index contributed by atoms with van der Waals surface area (Å²) in [6, 6.07) is 0. The van der Waals surface area contributed by atoms with Crippen molar-refractivity contribution in [3.63, 3.8) is 0 Å². The summed E-state index contributed by atoms with van der Waals surface area (Å²) in [5.74, 6) is 0. The first-order chi connectivity index (χ1) is 3.31. The van der Waals surface area contributed by atoms with Crippen LogP contribution in [-0.4, -0.2) is 18.4 Å². The maximum atomic E-state index is 3.83. The Morgan fingerprint density at radius 2 is 2.43 bits per heavy atom. The van der Waals surface area contributed by atoms with Crippen molar-refractivity contribution >= 4 is 24.5 Å². The zero-order valence-electron chi connectivity index (χ0n) is 4.26. The Balaban J connectivity index is 3.49. The molecule has 40 valence electrons. The normalized spacial score (nSPS) is 11.4. The summed E-state index contributed by atoms with van der Waals surface area (Å²) in [5, 5.41) is 0.461. The molecular formula is C4H8N2S. The number of nitrogens with zero attached hydrogens (tertiary/aromatic N) is 2. The van der Waals surface area contributed by atoms with Crippen molar-refractivity contribution in [2.45, 2.75) is 6.92 Å². The SMILES string of the molecule is C=N/C(S)=N\CC. The Hall–Kier alpha value is -0.310. The number of hydrogen-bond donors (Lipinski definition) is 1. The summed E-state index contributed by atoms with van der Waals surface area (Å²) in [5.41, 5.74) is 0. The highest BCUT2D eigenvalue weighted by Gasteiger charge is 1.75. The standard InChI is InChI=1S/C4H8N2S/c1-3-6-4(7)5-2/h2-3H2,1H3,(H,6,7). The molecule has 2 nitrogen and oxygen atoms in total. The fourth-order valence-electron chi connectivity index (χ4n) is 0.191. The van der Waals surface area contributed by atoms with Crippen molar-refractivity contribution in [1.29, 1.82) is 0 Å². The summed E-state index contributed by atoms with van der Waals surface area (Å²) >= 11 is 3.83. The van der Waals surface area contributed by atoms with Gasteiger partial charge in [0.05, 0.1) is 0 Å². The average Bonchev–Trinajstić information content (AvgIpc) is 1.68. The maximum Gasteiger partial charge on any atom is 0.179 e. The molecule has 3 heteroatoms. The minimum Gasteiger partial charge on any atom is -0.261 e. The molecule has 0 rings (SSSR count). The van der Waals surface area contributed by atoms with E-state index in [-0.39, 0.29) is 0 Å². The smallest absolute Gasteiger partial charge is 0.179 e. The van der Waals surface area contributed by atoms with Crippen molar-refractivity contribution in [2.75, 3.05) is 6.54 Å². The molecule has 0 atom stereocenters. The van der Waals surface area contributed by atoms with Crippen LogP contribution in [0.25, 0.3) is 0 Å². The molecule has 0 fully saturated rings. The van der Waals surface area contributed by atoms with E-state index >= 15 is 0 Å². The molecule has 0 aliphatic heterocycles. The monoisotopic (exact) mass is 116 g/mol. The first kappa shape index (κ1) is 6.69. The highest BCUT2D eigenvalue weighted by Crippen LogP contribution is 1.82. The molecule has 0 radical (unpaired) electrons. The van der Waals surface area contributed by atoms with Gasteiger partial charge in [0.15, 0.2) is 5.17 Å². The van der Waals surface area contributed by atoms with Gasteiger partial charge in [0, 0.05) is 6.54 Å². The minimum atomic E-state index is 0.461. The van der Waals surface area contributed by atoms with E-state index < -0.39 is 0 Å². The Morgan fingerprint density at radius 1 is 1.86 bits per heavy atom. The first-order valence-corrected chi connectivity index (χ1v) is 2.46. The van der Waals surface area contributed by atoms with Gasteiger partial charge >= 0.3 is 0 Å². The van der Waals surface area contributed by atoms with Crippen molar-refractivity contribution in [3.8, 4) is 0 Å². The molecule has 0 aliphatic carbocycles. The van der Waals surface area contributed by atoms with Gasteiger partial charge in [-0.2, -0.15) is 0 Å². The van der Waals surface area contributed by atoms with Crippen LogP contribution >= 0.6 is 12.6 Å². The summed E-state index contributed by atoms with van der Waals surface area (Å²) in [7, 11) is 0. The molecule has 0 aromatic heterocycles. The summed E-state index contributed by atoms with van der Waals surface area (Å²) < 4.78 is 0. The predicted molar refractivity (Wildman–Crippen MR) is 36.5 cm³/mol. The molecule has 0 N–H and O–H groups in total. The van der Waals surface area contributed by atoms with E-state index in [9.17, 15) is 0 Å². The number of thiol groups is 1. The molecule has 0 heterocycles. The molecule has 0 unspecified atom stereocenters. The van der Waals surface area contributed by atoms with Crippen molar-refractivity contribution in [2.24, 2.45) is 9.98 Å². The summed E-state index contributed by atoms with van der Waals surface area (Å²) in [6.07, 6.45) is 0. The van der Waals surface area contributed by atoms with Crippen LogP contribution in [0.4, 0.5) is 0 Å². The van der Waals surface area contributed by atoms with E-state index in [1.54, 1.807) is 0 Å². The van der Waals surface area contributed by atoms with Crippen molar-refractivity contribution in [1.82, 2.24) is 0 Å². The molecule has 0 amide bonds. The van der Waals surface area contributed by atoms with Gasteiger partial charge < -0.3 is 0 Å². The quantitative estimate of drug-likeness (QED) is 0.300. The molecule has 0 bridgehead atoms. The molecule has 0 aliphatic rings. The third-order valence-electron chi connectivity index (χ3n) is 0.441. The second kappa shape index (κ2) is 3.87. The number of rotatable bonds is 1. The van der Waals surface area contributed by atoms with Crippen LogP contribution in [0.15, 0.2) is 9.98 Å². The largest absolute Gasteiger partial charge is 0.261 e. The minimum absolute atomic E-state index is 0.461. The summed E-state index contributed by atoms with van der Waals surface area (Å²) in [4.78, 5) is 7.24. The van der Waals surface area contributed by atoms with E-state index in [1.165, 1.54) is 0 Å². The van der Waals surface area contributed by atoms with Gasteiger partial charge in [0.25, 0.3) is 0 Å². The van der Waals surface area contributed by atoms with E-state index in [2.05, 4.69) is 29.3 Å². The Morgan fingerprint density at radius 3 is 2.57 bits per heavy atom. The van der Waals surface area contributed by atoms with Crippen LogP contribution in [0.1, 0.15) is 6.92 Å². The van der Waals surface area contributed by atoms with Crippen LogP contribution in [-0.2, 0) is 0 Å². The third kappa shape index (κ3) is 3.52. The lowest BCUT2D eigenvalue weighted by atomic mass is 10.8. The Kier molecular flexibility index (Phi) is 3.69. The summed E-state index contributed by atoms with van der Waals surface area (Å²) in [6.45, 7) is 5.86. The zero-order chi connectivity index (χ0) is 5.70. The first-order valence-electron chi connectivity index (χ1n) is 2.01. The van der Waals surface area contributed by atoms with Gasteiger partial charge in [-0.15, -0.1) is 12.6 Å². The lowest BCUT2D eigenvalue weighted by molar-refractivity contribution is 1.13. The van der Waals surface area contributed by atoms with Crippen LogP contribution < -0.4 is 0 Å². The van der Waals surface area contributed by atoms with E-state index in [4.69, 9.17) is 0 Å². The molecule has 0 spiro atoms. The van der Waals surface area contributed by atoms with Gasteiger partial charge in [0.2, 0.25) is 0 Å². The number of aliphatic imine (C=N–C) groups is 2. The Bertz CT molecular complexity index is 87.7. The van der Waals surface area contributed by atoms with Gasteiger partial charge in [-0.3, -0.25) is 4.99 Å². The molecule has 0 saturated carbocycles. The Labute approximate surface area is 48.8 Å². The number of amidine groups is 1. The van der Waals surface area contributed by atoms with E-state index in [0.717, 1.165) is 6.54 Å². The maximum absolute atomic E-state index is 3.83. The van der Waals surface area contributed by atoms with Gasteiger partial charge in [0.1, 0.15) is 0 Å².